The molecule has 1 unspecified atom stereocenters. The molecule has 1 saturated heterocycles. The second-order valence-corrected chi connectivity index (χ2v) is 4.21. The van der Waals surface area contributed by atoms with Crippen molar-refractivity contribution in [3.8, 4) is 0 Å². The maximum Gasteiger partial charge on any atom is 0.141 e. The van der Waals surface area contributed by atoms with Gasteiger partial charge in [-0.3, -0.25) is 10.4 Å². The molecule has 0 spiro atoms. The van der Waals surface area contributed by atoms with Crippen molar-refractivity contribution in [3.63, 3.8) is 0 Å². The number of nitrogen functional groups attached to an aromatic ring is 1. The third kappa shape index (κ3) is 2.01. The van der Waals surface area contributed by atoms with E-state index < -0.39 is 0 Å². The molecule has 0 saturated carbocycles. The van der Waals surface area contributed by atoms with Crippen molar-refractivity contribution in [1.82, 2.24) is 4.98 Å². The lowest BCUT2D eigenvalue weighted by atomic mass is 10.1. The number of aromatic nitrogens is 1. The van der Waals surface area contributed by atoms with Crippen LogP contribution in [-0.2, 0) is 0 Å². The van der Waals surface area contributed by atoms with Crippen LogP contribution in [0.25, 0.3) is 0 Å². The molecule has 2 heterocycles. The summed E-state index contributed by atoms with van der Waals surface area (Å²) in [5.41, 5.74) is 7.16. The standard InChI is InChI=1S/C12H18N4/c1-2-9-4-3-7-16(9)10-5-6-15-11(8-10)12(13)14/h5-6,8-9H,2-4,7H2,1H3,(H3,13,14). The molecular weight excluding hydrogens is 200 g/mol. The van der Waals surface area contributed by atoms with E-state index in [0.717, 1.165) is 18.7 Å². The first-order valence-electron chi connectivity index (χ1n) is 5.79. The maximum absolute atomic E-state index is 7.39. The fourth-order valence-electron chi connectivity index (χ4n) is 2.35. The molecule has 0 radical (unpaired) electrons. The molecule has 86 valence electrons. The quantitative estimate of drug-likeness (QED) is 0.600. The zero-order valence-corrected chi connectivity index (χ0v) is 9.61. The molecule has 0 aromatic carbocycles. The van der Waals surface area contributed by atoms with Gasteiger partial charge in [-0.25, -0.2) is 0 Å². The van der Waals surface area contributed by atoms with Crippen LogP contribution in [0, 0.1) is 5.41 Å². The molecule has 1 atom stereocenters. The van der Waals surface area contributed by atoms with E-state index in [-0.39, 0.29) is 5.84 Å². The summed E-state index contributed by atoms with van der Waals surface area (Å²) in [7, 11) is 0. The molecule has 0 amide bonds. The summed E-state index contributed by atoms with van der Waals surface area (Å²) in [6, 6.07) is 4.54. The first-order chi connectivity index (χ1) is 7.72. The number of nitrogens with two attached hydrogens (primary N) is 1. The van der Waals surface area contributed by atoms with E-state index in [1.807, 2.05) is 12.1 Å². The van der Waals surface area contributed by atoms with Crippen LogP contribution < -0.4 is 10.6 Å². The van der Waals surface area contributed by atoms with Crippen LogP contribution in [0.5, 0.6) is 0 Å². The summed E-state index contributed by atoms with van der Waals surface area (Å²) in [5.74, 6) is 0.0362. The average Bonchev–Trinajstić information content (AvgIpc) is 2.77. The average molecular weight is 218 g/mol. The van der Waals surface area contributed by atoms with Gasteiger partial charge in [0, 0.05) is 24.5 Å². The highest BCUT2D eigenvalue weighted by molar-refractivity contribution is 5.93. The van der Waals surface area contributed by atoms with Crippen molar-refractivity contribution in [1.29, 1.82) is 5.41 Å². The number of hydrogen-bond acceptors (Lipinski definition) is 3. The fraction of sp³-hybridized carbons (Fsp3) is 0.500. The van der Waals surface area contributed by atoms with Crippen LogP contribution in [0.2, 0.25) is 0 Å². The first kappa shape index (κ1) is 10.9. The molecule has 2 rings (SSSR count). The third-order valence-corrected chi connectivity index (χ3v) is 3.20. The topological polar surface area (TPSA) is 66.0 Å². The van der Waals surface area contributed by atoms with Crippen molar-refractivity contribution >= 4 is 11.5 Å². The van der Waals surface area contributed by atoms with Gasteiger partial charge in [0.05, 0.1) is 0 Å². The van der Waals surface area contributed by atoms with Crippen LogP contribution in [0.4, 0.5) is 5.69 Å². The molecular formula is C12H18N4. The second kappa shape index (κ2) is 4.51. The molecule has 1 fully saturated rings. The van der Waals surface area contributed by atoms with Crippen molar-refractivity contribution in [2.45, 2.75) is 32.2 Å². The largest absolute Gasteiger partial charge is 0.382 e. The van der Waals surface area contributed by atoms with Crippen LogP contribution in [-0.4, -0.2) is 23.4 Å². The molecule has 1 aromatic heterocycles. The zero-order valence-electron chi connectivity index (χ0n) is 9.61. The molecule has 3 N–H and O–H groups in total. The van der Waals surface area contributed by atoms with E-state index in [0.29, 0.717) is 11.7 Å². The van der Waals surface area contributed by atoms with Crippen LogP contribution in [0.15, 0.2) is 18.3 Å². The van der Waals surface area contributed by atoms with E-state index >= 15 is 0 Å². The van der Waals surface area contributed by atoms with Crippen molar-refractivity contribution < 1.29 is 0 Å². The predicted octanol–water partition coefficient (Wildman–Crippen LogP) is 1.74. The highest BCUT2D eigenvalue weighted by Gasteiger charge is 2.23. The lowest BCUT2D eigenvalue weighted by Crippen LogP contribution is -2.28. The number of nitrogens with zero attached hydrogens (tertiary/aromatic N) is 2. The van der Waals surface area contributed by atoms with Crippen molar-refractivity contribution in [3.05, 3.63) is 24.0 Å². The van der Waals surface area contributed by atoms with E-state index in [4.69, 9.17) is 11.1 Å². The third-order valence-electron chi connectivity index (χ3n) is 3.20. The molecule has 4 nitrogen and oxygen atoms in total. The molecule has 1 aromatic rings. The highest BCUT2D eigenvalue weighted by Crippen LogP contribution is 2.27. The number of rotatable bonds is 3. The Hall–Kier alpha value is -1.58. The van der Waals surface area contributed by atoms with Gasteiger partial charge >= 0.3 is 0 Å². The van der Waals surface area contributed by atoms with Gasteiger partial charge in [0.1, 0.15) is 11.5 Å². The van der Waals surface area contributed by atoms with Gasteiger partial charge in [0.15, 0.2) is 0 Å². The first-order valence-corrected chi connectivity index (χ1v) is 5.79. The number of amidine groups is 1. The SMILES string of the molecule is CCC1CCCN1c1ccnc(C(=N)N)c1. The molecule has 1 aliphatic heterocycles. The normalized spacial score (nSPS) is 20.1. The van der Waals surface area contributed by atoms with Gasteiger partial charge in [-0.15, -0.1) is 0 Å². The van der Waals surface area contributed by atoms with E-state index in [2.05, 4.69) is 16.8 Å². The smallest absolute Gasteiger partial charge is 0.141 e. The number of anilines is 1. The minimum absolute atomic E-state index is 0.0362. The summed E-state index contributed by atoms with van der Waals surface area (Å²) < 4.78 is 0. The monoisotopic (exact) mass is 218 g/mol. The van der Waals surface area contributed by atoms with Crippen LogP contribution in [0.3, 0.4) is 0 Å². The molecule has 1 aliphatic rings. The van der Waals surface area contributed by atoms with Gasteiger partial charge in [-0.1, -0.05) is 6.92 Å². The van der Waals surface area contributed by atoms with Gasteiger partial charge in [0.25, 0.3) is 0 Å². The molecule has 0 aliphatic carbocycles. The Balaban J connectivity index is 2.26. The summed E-state index contributed by atoms with van der Waals surface area (Å²) in [6.07, 6.45) is 5.40. The summed E-state index contributed by atoms with van der Waals surface area (Å²) >= 11 is 0. The van der Waals surface area contributed by atoms with E-state index in [1.54, 1.807) is 6.20 Å². The fourth-order valence-corrected chi connectivity index (χ4v) is 2.35. The van der Waals surface area contributed by atoms with E-state index in [1.165, 1.54) is 12.8 Å². The van der Waals surface area contributed by atoms with Crippen LogP contribution >= 0.6 is 0 Å². The Kier molecular flexibility index (Phi) is 3.08. The number of nitrogens with one attached hydrogen (secondary N) is 1. The van der Waals surface area contributed by atoms with Crippen molar-refractivity contribution in [2.75, 3.05) is 11.4 Å². The lowest BCUT2D eigenvalue weighted by molar-refractivity contribution is 0.645. The van der Waals surface area contributed by atoms with Gasteiger partial charge < -0.3 is 10.6 Å². The Bertz CT molecular complexity index is 388. The zero-order chi connectivity index (χ0) is 11.5. The Morgan fingerprint density at radius 2 is 2.50 bits per heavy atom. The minimum atomic E-state index is 0.0362. The maximum atomic E-state index is 7.39. The summed E-state index contributed by atoms with van der Waals surface area (Å²) in [5, 5.41) is 7.39. The predicted molar refractivity (Wildman–Crippen MR) is 65.9 cm³/mol. The Morgan fingerprint density at radius 3 is 3.19 bits per heavy atom. The van der Waals surface area contributed by atoms with Gasteiger partial charge in [-0.05, 0) is 31.4 Å². The van der Waals surface area contributed by atoms with Gasteiger partial charge in [0.2, 0.25) is 0 Å². The van der Waals surface area contributed by atoms with Gasteiger partial charge in [-0.2, -0.15) is 0 Å². The Labute approximate surface area is 96.0 Å². The van der Waals surface area contributed by atoms with Crippen molar-refractivity contribution in [2.24, 2.45) is 5.73 Å². The number of hydrogen-bond donors (Lipinski definition) is 2. The molecule has 0 bridgehead atoms. The van der Waals surface area contributed by atoms with E-state index in [9.17, 15) is 0 Å². The Morgan fingerprint density at radius 1 is 1.69 bits per heavy atom. The highest BCUT2D eigenvalue weighted by atomic mass is 15.2. The van der Waals surface area contributed by atoms with Crippen LogP contribution in [0.1, 0.15) is 31.9 Å². The second-order valence-electron chi connectivity index (χ2n) is 4.21. The lowest BCUT2D eigenvalue weighted by Gasteiger charge is -2.26. The summed E-state index contributed by atoms with van der Waals surface area (Å²) in [6.45, 7) is 3.32. The number of pyridine rings is 1. The molecule has 16 heavy (non-hydrogen) atoms. The summed E-state index contributed by atoms with van der Waals surface area (Å²) in [4.78, 5) is 6.48. The minimum Gasteiger partial charge on any atom is -0.382 e. The molecule has 4 heteroatoms.